The second-order valence-corrected chi connectivity index (χ2v) is 18.7. The average molecular weight is 1240 g/mol. The predicted molar refractivity (Wildman–Crippen MR) is 298 cm³/mol. The van der Waals surface area contributed by atoms with Crippen molar-refractivity contribution in [1.82, 2.24) is 4.48 Å². The standard InChI is InChI=1S/C54H67BF2I2N2O12/c1-40-51(58)46(18-11-42-9-7-6-8-10-42)60-53(40)50(44-14-16-45(17-15-44)71-36-33-68-30-27-65-24-21-62-3)54-41(2)52(59)47(61(54)55(60,56)57)19-12-43-13-20-48(72-37-34-69-31-28-66-25-22-63-4)49(39-43)73-38-35-70-32-29-67-26-23-64-5/h6-20,39H,21-38H2,1-5H3/b18-11+,19-12+. The molecule has 4 aromatic rings. The van der Waals surface area contributed by atoms with Gasteiger partial charge in [0, 0.05) is 47.9 Å². The highest BCUT2D eigenvalue weighted by Gasteiger charge is 2.57. The number of aromatic nitrogens is 1. The van der Waals surface area contributed by atoms with Crippen LogP contribution in [-0.4, -0.2) is 162 Å². The first-order valence-corrected chi connectivity index (χ1v) is 26.5. The SMILES string of the molecule is COCCOCCOCCOc1ccc(C2=C3C(C)=C(I)C(/C=C/c4ccc(OCCOCCOCCOC)c(OCCOCCOCCOC)c4)=[N+]3[B-](F)(F)n3c(/C=C/c4ccccc4)c(I)c(C)c32)cc1. The molecule has 14 nitrogen and oxygen atoms in total. The molecule has 0 unspecified atom stereocenters. The van der Waals surface area contributed by atoms with E-state index in [0.717, 1.165) is 25.8 Å². The Morgan fingerprint density at radius 2 is 1.03 bits per heavy atom. The molecule has 3 heterocycles. The Morgan fingerprint density at radius 1 is 0.534 bits per heavy atom. The van der Waals surface area contributed by atoms with Gasteiger partial charge in [-0.25, -0.2) is 0 Å². The van der Waals surface area contributed by atoms with E-state index in [4.69, 9.17) is 56.8 Å². The molecule has 19 heteroatoms. The van der Waals surface area contributed by atoms with E-state index < -0.39 is 6.97 Å². The van der Waals surface area contributed by atoms with Crippen LogP contribution < -0.4 is 14.2 Å². The maximum Gasteiger partial charge on any atom is 0.737 e. The highest BCUT2D eigenvalue weighted by Crippen LogP contribution is 2.48. The third-order valence-corrected chi connectivity index (χ3v) is 14.3. The van der Waals surface area contributed by atoms with Gasteiger partial charge in [-0.3, -0.25) is 0 Å². The molecule has 1 aromatic heterocycles. The van der Waals surface area contributed by atoms with Crippen molar-refractivity contribution in [2.45, 2.75) is 13.8 Å². The van der Waals surface area contributed by atoms with Gasteiger partial charge in [0.15, 0.2) is 22.9 Å². The van der Waals surface area contributed by atoms with Crippen LogP contribution >= 0.6 is 45.2 Å². The van der Waals surface area contributed by atoms with Crippen LogP contribution in [0.2, 0.25) is 0 Å². The van der Waals surface area contributed by atoms with Crippen LogP contribution in [0.4, 0.5) is 8.63 Å². The van der Waals surface area contributed by atoms with E-state index in [2.05, 4.69) is 45.2 Å². The summed E-state index contributed by atoms with van der Waals surface area (Å²) in [4.78, 5) is 0. The minimum absolute atomic E-state index is 0.236. The second-order valence-electron chi connectivity index (χ2n) is 16.6. The topological polar surface area (TPSA) is 119 Å². The normalized spacial score (nSPS) is 14.3. The van der Waals surface area contributed by atoms with Gasteiger partial charge < -0.3 is 74.4 Å². The summed E-state index contributed by atoms with van der Waals surface area (Å²) in [5.74, 6) is 1.61. The smallest absolute Gasteiger partial charge is 0.491 e. The van der Waals surface area contributed by atoms with E-state index in [1.54, 1.807) is 33.5 Å². The Morgan fingerprint density at radius 3 is 1.58 bits per heavy atom. The van der Waals surface area contributed by atoms with Gasteiger partial charge in [-0.15, -0.1) is 0 Å². The molecule has 0 atom stereocenters. The van der Waals surface area contributed by atoms with Gasteiger partial charge in [-0.05, 0) is 118 Å². The molecule has 0 N–H and O–H groups in total. The molecule has 0 amide bonds. The Balaban J connectivity index is 1.31. The zero-order valence-corrected chi connectivity index (χ0v) is 46.7. The summed E-state index contributed by atoms with van der Waals surface area (Å²) in [6.45, 7) is 6.87. The van der Waals surface area contributed by atoms with Crippen LogP contribution in [0.15, 0.2) is 93.7 Å². The number of nitrogens with zero attached hydrogens (tertiary/aromatic N) is 2. The van der Waals surface area contributed by atoms with E-state index in [1.807, 2.05) is 98.8 Å². The molecule has 2 aliphatic rings. The number of rotatable bonds is 35. The van der Waals surface area contributed by atoms with Crippen LogP contribution in [-0.2, 0) is 42.6 Å². The van der Waals surface area contributed by atoms with Crippen molar-refractivity contribution in [2.24, 2.45) is 0 Å². The molecule has 396 valence electrons. The summed E-state index contributed by atoms with van der Waals surface area (Å²) < 4.78 is 107. The zero-order chi connectivity index (χ0) is 51.8. The van der Waals surface area contributed by atoms with Crippen LogP contribution in [0.3, 0.4) is 0 Å². The van der Waals surface area contributed by atoms with E-state index in [1.165, 1.54) is 8.96 Å². The van der Waals surface area contributed by atoms with Crippen molar-refractivity contribution in [3.8, 4) is 17.2 Å². The van der Waals surface area contributed by atoms with Crippen molar-refractivity contribution >= 4 is 81.7 Å². The van der Waals surface area contributed by atoms with Crippen LogP contribution in [0.5, 0.6) is 17.2 Å². The number of fused-ring (bicyclic) bond motifs is 2. The molecule has 0 spiro atoms. The third kappa shape index (κ3) is 16.5. The molecule has 2 aliphatic heterocycles. The number of methoxy groups -OCH3 is 3. The average Bonchev–Trinajstić information content (AvgIpc) is 3.81. The van der Waals surface area contributed by atoms with Crippen LogP contribution in [0, 0.1) is 10.5 Å². The number of halogens is 4. The molecule has 0 fully saturated rings. The lowest BCUT2D eigenvalue weighted by Gasteiger charge is -2.34. The fraction of sp³-hybridized carbons (Fsp3) is 0.426. The monoisotopic (exact) mass is 1240 g/mol. The van der Waals surface area contributed by atoms with Gasteiger partial charge in [-0.1, -0.05) is 54.6 Å². The highest BCUT2D eigenvalue weighted by molar-refractivity contribution is 14.1. The van der Waals surface area contributed by atoms with Crippen molar-refractivity contribution in [3.05, 3.63) is 131 Å². The number of allylic oxidation sites excluding steroid dienone is 3. The molecular weight excluding hydrogens is 1170 g/mol. The second kappa shape index (κ2) is 31.1. The molecule has 0 bridgehead atoms. The van der Waals surface area contributed by atoms with Gasteiger partial charge in [0.05, 0.1) is 108 Å². The van der Waals surface area contributed by atoms with E-state index in [-0.39, 0.29) is 13.2 Å². The molecular formula is C54H67BF2I2N2O12. The molecule has 6 rings (SSSR count). The molecule has 0 saturated carbocycles. The Labute approximate surface area is 455 Å². The fourth-order valence-electron chi connectivity index (χ4n) is 8.00. The van der Waals surface area contributed by atoms with Crippen LogP contribution in [0.1, 0.15) is 40.6 Å². The van der Waals surface area contributed by atoms with Gasteiger partial charge in [-0.2, -0.15) is 0 Å². The Kier molecular flexibility index (Phi) is 24.9. The first kappa shape index (κ1) is 58.3. The van der Waals surface area contributed by atoms with Gasteiger partial charge in [0.2, 0.25) is 0 Å². The predicted octanol–water partition coefficient (Wildman–Crippen LogP) is 9.63. The van der Waals surface area contributed by atoms with Crippen molar-refractivity contribution in [1.29, 1.82) is 0 Å². The maximum atomic E-state index is 18.1. The lowest BCUT2D eigenvalue weighted by atomic mass is 9.83. The first-order chi connectivity index (χ1) is 35.6. The molecule has 3 aromatic carbocycles. The van der Waals surface area contributed by atoms with Gasteiger partial charge in [0.1, 0.15) is 25.6 Å². The van der Waals surface area contributed by atoms with Crippen molar-refractivity contribution < 1.29 is 70.0 Å². The maximum absolute atomic E-state index is 18.1. The molecule has 0 aliphatic carbocycles. The quantitative estimate of drug-likeness (QED) is 0.0248. The zero-order valence-electron chi connectivity index (χ0n) is 42.3. The van der Waals surface area contributed by atoms with Crippen LogP contribution in [0.25, 0.3) is 23.8 Å². The largest absolute Gasteiger partial charge is 0.737 e. The van der Waals surface area contributed by atoms with Gasteiger partial charge >= 0.3 is 6.97 Å². The highest BCUT2D eigenvalue weighted by atomic mass is 127. The lowest BCUT2D eigenvalue weighted by Crippen LogP contribution is -2.51. The summed E-state index contributed by atoms with van der Waals surface area (Å²) in [6.07, 6.45) is 7.27. The first-order valence-electron chi connectivity index (χ1n) is 24.3. The lowest BCUT2D eigenvalue weighted by molar-refractivity contribution is -0.362. The van der Waals surface area contributed by atoms with E-state index >= 15 is 8.63 Å². The minimum atomic E-state index is -4.46. The Hall–Kier alpha value is -4.01. The summed E-state index contributed by atoms with van der Waals surface area (Å²) in [5.41, 5.74) is 6.31. The fourth-order valence-corrected chi connectivity index (χ4v) is 9.39. The molecule has 0 radical (unpaired) electrons. The Bertz CT molecular complexity index is 2520. The van der Waals surface area contributed by atoms with E-state index in [0.29, 0.717) is 160 Å². The molecule has 73 heavy (non-hydrogen) atoms. The summed E-state index contributed by atoms with van der Waals surface area (Å²) in [5, 5.41) is 0. The molecule has 0 saturated heterocycles. The summed E-state index contributed by atoms with van der Waals surface area (Å²) >= 11 is 4.41. The third-order valence-electron chi connectivity index (χ3n) is 11.6. The van der Waals surface area contributed by atoms with Crippen molar-refractivity contribution in [2.75, 3.05) is 140 Å². The summed E-state index contributed by atoms with van der Waals surface area (Å²) in [6, 6.07) is 22.8. The number of hydrogen-bond acceptors (Lipinski definition) is 12. The van der Waals surface area contributed by atoms with Gasteiger partial charge in [0.25, 0.3) is 0 Å². The number of hydrogen-bond donors (Lipinski definition) is 0. The van der Waals surface area contributed by atoms with Crippen molar-refractivity contribution in [3.63, 3.8) is 0 Å². The minimum Gasteiger partial charge on any atom is -0.491 e. The number of benzene rings is 3. The van der Waals surface area contributed by atoms with E-state index in [9.17, 15) is 0 Å². The number of ether oxygens (including phenoxy) is 12. The summed E-state index contributed by atoms with van der Waals surface area (Å²) in [7, 11) is 4.88.